The summed E-state index contributed by atoms with van der Waals surface area (Å²) in [4.78, 5) is 24.7. The van der Waals surface area contributed by atoms with Crippen LogP contribution in [0.15, 0.2) is 242 Å². The lowest BCUT2D eigenvalue weighted by Crippen LogP contribution is -2.08. The highest BCUT2D eigenvalue weighted by Gasteiger charge is 2.27. The molecule has 108 heavy (non-hydrogen) atoms. The van der Waals surface area contributed by atoms with Gasteiger partial charge in [-0.05, 0) is 180 Å². The number of imidazole rings is 5. The minimum atomic E-state index is 0.588. The van der Waals surface area contributed by atoms with E-state index in [1.54, 1.807) is 0 Å². The van der Waals surface area contributed by atoms with Crippen molar-refractivity contribution in [1.29, 1.82) is 0 Å². The lowest BCUT2D eigenvalue weighted by molar-refractivity contribution is 0.286. The summed E-state index contributed by atoms with van der Waals surface area (Å²) in [5.41, 5.74) is 31.1. The first-order chi connectivity index (χ1) is 53.0. The van der Waals surface area contributed by atoms with Crippen LogP contribution in [-0.2, 0) is 31.8 Å². The monoisotopic (exact) mass is 1410 g/mol. The second-order valence-electron chi connectivity index (χ2n) is 29.7. The number of hydrogen-bond acceptors (Lipinski definition) is 8. The zero-order valence-corrected chi connectivity index (χ0v) is 61.6. The molecular weight excluding hydrogens is 1350 g/mol. The second-order valence-corrected chi connectivity index (χ2v) is 30.7. The molecule has 0 unspecified atom stereocenters. The normalized spacial score (nSPS) is 13.2. The Morgan fingerprint density at radius 2 is 0.787 bits per heavy atom. The zero-order valence-electron chi connectivity index (χ0n) is 60.7. The van der Waals surface area contributed by atoms with Gasteiger partial charge in [0, 0.05) is 82.0 Å². The fourth-order valence-electron chi connectivity index (χ4n) is 18.6. The average molecular weight is 1420 g/mol. The van der Waals surface area contributed by atoms with Gasteiger partial charge in [0.05, 0.1) is 69.3 Å². The molecule has 11 aromatic carbocycles. The number of rotatable bonds is 1. The van der Waals surface area contributed by atoms with Gasteiger partial charge < -0.3 is 9.47 Å². The van der Waals surface area contributed by atoms with Crippen molar-refractivity contribution in [3.8, 4) is 22.8 Å². The third kappa shape index (κ3) is 8.96. The molecule has 0 amide bonds. The number of benzene rings is 11. The SMILES string of the molecule is Cc1ccc2c3c1c1ccccc1c1ncc(n13)CO2.Cc1ccc2c3c1c1ccccc1c1ncc(n13)CS2.Cc1ccc2c3c1c1ccccc1c1ncc(n13)OC2.Cc1ccc2ccc3cnc4c5ccccc5c1c2n34.Cc1cccc(C)c1-c1ccc2c(c1)c1c(C)ccc3c1n1c(cnc21)CC3. The molecule has 0 saturated heterocycles. The van der Waals surface area contributed by atoms with Gasteiger partial charge in [0.2, 0.25) is 5.88 Å². The smallest absolute Gasteiger partial charge is 0.219 e. The van der Waals surface area contributed by atoms with Crippen molar-refractivity contribution in [2.24, 2.45) is 0 Å². The summed E-state index contributed by atoms with van der Waals surface area (Å²) < 4.78 is 23.2. The van der Waals surface area contributed by atoms with Crippen LogP contribution in [0.1, 0.15) is 67.2 Å². The van der Waals surface area contributed by atoms with E-state index in [0.29, 0.717) is 13.2 Å². The van der Waals surface area contributed by atoms with Gasteiger partial charge in [-0.2, -0.15) is 0 Å². The van der Waals surface area contributed by atoms with Gasteiger partial charge in [-0.3, -0.25) is 22.0 Å². The van der Waals surface area contributed by atoms with Crippen LogP contribution in [0.2, 0.25) is 0 Å². The molecule has 26 rings (SSSR count). The Morgan fingerprint density at radius 3 is 1.44 bits per heavy atom. The van der Waals surface area contributed by atoms with Crippen molar-refractivity contribution in [3.63, 3.8) is 0 Å². The molecule has 0 spiro atoms. The van der Waals surface area contributed by atoms with Gasteiger partial charge in [0.25, 0.3) is 0 Å². The number of aromatic nitrogens is 10. The highest BCUT2D eigenvalue weighted by atomic mass is 32.2. The standard InChI is InChI=1S/C26H22N2.C18H12N2.2C17H12N2O.C17H12N2S/c1-15-5-4-6-16(2)23(15)19-10-12-21-22(13-19)24-17(3)7-8-18-9-11-20-14-27-26(21)28(20)25(18)24;1-11-6-7-12-8-9-13-10-19-18-15-5-3-2-4-14(15)16(11)17(12)20(13)18;1-10-6-7-14-16-15(10)12-4-2-3-5-13(12)17-18-8-11(9-20-14)19(16)17;1-10-6-7-11-9-20-14-8-18-17-13-5-3-2-4-12(13)15(10)16(11)19(14)17;1-10-6-7-14-16-15(10)12-4-2-3-5-13(12)17-18-8-11(9-20-14)19(16)17/h4-8,10,12-14H,9,11H2,1-3H3;2-10H,1H3;3*2-8H,9H2,1H3. The lowest BCUT2D eigenvalue weighted by atomic mass is 9.91. The third-order valence-electron chi connectivity index (χ3n) is 23.5. The van der Waals surface area contributed by atoms with Crippen LogP contribution in [0.25, 0.3) is 159 Å². The van der Waals surface area contributed by atoms with Gasteiger partial charge in [0.1, 0.15) is 47.2 Å². The highest BCUT2D eigenvalue weighted by molar-refractivity contribution is 7.98. The van der Waals surface area contributed by atoms with E-state index in [1.807, 2.05) is 36.5 Å². The maximum atomic E-state index is 5.89. The lowest BCUT2D eigenvalue weighted by Gasteiger charge is -2.20. The van der Waals surface area contributed by atoms with Crippen LogP contribution < -0.4 is 9.47 Å². The third-order valence-corrected chi connectivity index (χ3v) is 24.5. The molecule has 0 bridgehead atoms. The van der Waals surface area contributed by atoms with E-state index in [9.17, 15) is 0 Å². The summed E-state index contributed by atoms with van der Waals surface area (Å²) in [6.45, 7) is 16.6. The Kier molecular flexibility index (Phi) is 13.7. The summed E-state index contributed by atoms with van der Waals surface area (Å²) in [6.07, 6.45) is 12.0. The number of fused-ring (bicyclic) bond motifs is 15. The van der Waals surface area contributed by atoms with Crippen molar-refractivity contribution in [1.82, 2.24) is 46.9 Å². The molecule has 12 nitrogen and oxygen atoms in total. The van der Waals surface area contributed by atoms with E-state index in [0.717, 1.165) is 75.2 Å². The van der Waals surface area contributed by atoms with Crippen molar-refractivity contribution in [3.05, 3.63) is 304 Å². The van der Waals surface area contributed by atoms with Crippen LogP contribution in [0.4, 0.5) is 0 Å². The molecule has 11 aromatic heterocycles. The summed E-state index contributed by atoms with van der Waals surface area (Å²) in [5, 5.41) is 20.5. The van der Waals surface area contributed by atoms with E-state index >= 15 is 0 Å². The predicted octanol–water partition coefficient (Wildman–Crippen LogP) is 23.1. The van der Waals surface area contributed by atoms with Crippen LogP contribution in [0.5, 0.6) is 11.6 Å². The average Bonchev–Trinajstić information content (AvgIpc) is 1.44. The summed E-state index contributed by atoms with van der Waals surface area (Å²) in [7, 11) is 0. The molecule has 0 radical (unpaired) electrons. The minimum absolute atomic E-state index is 0.588. The number of nitrogens with zero attached hydrogens (tertiary/aromatic N) is 10. The van der Waals surface area contributed by atoms with Gasteiger partial charge in [0.15, 0.2) is 0 Å². The first-order valence-electron chi connectivity index (χ1n) is 37.2. The molecule has 0 saturated carbocycles. The van der Waals surface area contributed by atoms with E-state index in [-0.39, 0.29) is 0 Å². The topological polar surface area (TPSA) is 105 Å². The number of ether oxygens (including phenoxy) is 2. The quantitative estimate of drug-likeness (QED) is 0.118. The molecule has 4 aliphatic heterocycles. The Hall–Kier alpha value is -12.8. The number of hydrogen-bond donors (Lipinski definition) is 0. The largest absolute Gasteiger partial charge is 0.485 e. The predicted molar refractivity (Wildman–Crippen MR) is 444 cm³/mol. The summed E-state index contributed by atoms with van der Waals surface area (Å²) in [6, 6.07) is 74.0. The van der Waals surface area contributed by atoms with Gasteiger partial charge in [-0.1, -0.05) is 176 Å². The van der Waals surface area contributed by atoms with Crippen molar-refractivity contribution >= 4 is 159 Å². The van der Waals surface area contributed by atoms with Crippen molar-refractivity contribution in [2.45, 2.75) is 85.2 Å². The van der Waals surface area contributed by atoms with Crippen LogP contribution >= 0.6 is 11.8 Å². The van der Waals surface area contributed by atoms with Crippen LogP contribution in [0.3, 0.4) is 0 Å². The zero-order chi connectivity index (χ0) is 72.1. The Labute approximate surface area is 624 Å². The minimum Gasteiger partial charge on any atom is -0.485 e. The first-order valence-corrected chi connectivity index (χ1v) is 38.2. The maximum Gasteiger partial charge on any atom is 0.219 e. The van der Waals surface area contributed by atoms with Crippen LogP contribution in [-0.4, -0.2) is 46.9 Å². The molecule has 13 heteroatoms. The van der Waals surface area contributed by atoms with Gasteiger partial charge >= 0.3 is 0 Å². The molecular formula is C95H70N10O2S. The number of thioether (sulfide) groups is 1. The highest BCUT2D eigenvalue weighted by Crippen LogP contribution is 2.46. The van der Waals surface area contributed by atoms with E-state index < -0.39 is 0 Å². The molecule has 22 aromatic rings. The fraction of sp³-hybridized carbons (Fsp3) is 0.126. The Balaban J connectivity index is 0.0000000843. The van der Waals surface area contributed by atoms with Crippen molar-refractivity contribution < 1.29 is 9.47 Å². The van der Waals surface area contributed by atoms with Gasteiger partial charge in [-0.15, -0.1) is 11.8 Å². The first kappa shape index (κ1) is 62.5. The second kappa shape index (κ2) is 23.6. The summed E-state index contributed by atoms with van der Waals surface area (Å²) in [5.74, 6) is 2.80. The molecule has 4 aliphatic rings. The maximum absolute atomic E-state index is 5.89. The molecule has 518 valence electrons. The van der Waals surface area contributed by atoms with Crippen LogP contribution in [0, 0.1) is 48.5 Å². The molecule has 15 heterocycles. The van der Waals surface area contributed by atoms with Gasteiger partial charge in [-0.25, -0.2) is 24.9 Å². The van der Waals surface area contributed by atoms with E-state index in [1.165, 1.54) is 186 Å². The fourth-order valence-corrected chi connectivity index (χ4v) is 19.6. The number of aryl methyl sites for hydroxylation is 9. The van der Waals surface area contributed by atoms with Crippen molar-refractivity contribution in [2.75, 3.05) is 0 Å². The molecule has 0 N–H and O–H groups in total. The Bertz CT molecular complexity index is 7260. The Morgan fingerprint density at radius 1 is 0.315 bits per heavy atom. The molecule has 0 aliphatic carbocycles. The molecule has 0 fully saturated rings. The molecule has 0 atom stereocenters. The number of pyridine rings is 6. The summed E-state index contributed by atoms with van der Waals surface area (Å²) >= 11 is 1.92. The van der Waals surface area contributed by atoms with E-state index in [2.05, 4.69) is 303 Å². The van der Waals surface area contributed by atoms with E-state index in [4.69, 9.17) is 14.5 Å².